The first-order valence-corrected chi connectivity index (χ1v) is 5.68. The molecule has 0 unspecified atom stereocenters. The van der Waals surface area contributed by atoms with Gasteiger partial charge < -0.3 is 5.21 Å². The van der Waals surface area contributed by atoms with Crippen molar-refractivity contribution in [2.75, 3.05) is 0 Å². The highest BCUT2D eigenvalue weighted by Gasteiger charge is 2.60. The maximum atomic E-state index is 13.3. The van der Waals surface area contributed by atoms with Gasteiger partial charge in [-0.15, -0.1) is 0 Å². The summed E-state index contributed by atoms with van der Waals surface area (Å²) < 4.78 is 40.5. The minimum atomic E-state index is -4.27. The van der Waals surface area contributed by atoms with Gasteiger partial charge in [-0.25, -0.2) is 4.98 Å². The zero-order valence-electron chi connectivity index (χ0n) is 9.41. The quantitative estimate of drug-likeness (QED) is 0.795. The van der Waals surface area contributed by atoms with Gasteiger partial charge in [-0.3, -0.25) is 0 Å². The van der Waals surface area contributed by atoms with E-state index in [4.69, 9.17) is 0 Å². The third kappa shape index (κ3) is 1.28. The van der Waals surface area contributed by atoms with Crippen LogP contribution in [0.4, 0.5) is 13.2 Å². The molecule has 0 saturated heterocycles. The molecule has 2 heterocycles. The molecule has 0 aromatic rings. The number of pyridine rings is 1. The van der Waals surface area contributed by atoms with Crippen LogP contribution in [0, 0.1) is 0 Å². The van der Waals surface area contributed by atoms with Crippen molar-refractivity contribution in [1.29, 1.82) is 0 Å². The van der Waals surface area contributed by atoms with Gasteiger partial charge in [0.05, 0.1) is 5.41 Å². The van der Waals surface area contributed by atoms with Crippen LogP contribution in [-0.2, 0) is 5.41 Å². The van der Waals surface area contributed by atoms with Crippen molar-refractivity contribution >= 4 is 0 Å². The lowest BCUT2D eigenvalue weighted by atomic mass is 9.63. The molecule has 0 amide bonds. The molecule has 0 spiro atoms. The number of fused-ring (bicyclic) bond motifs is 1. The summed E-state index contributed by atoms with van der Waals surface area (Å²) in [7, 11) is 0. The Hall–Kier alpha value is -1.72. The van der Waals surface area contributed by atoms with E-state index in [1.54, 1.807) is 6.07 Å². The summed E-state index contributed by atoms with van der Waals surface area (Å²) in [5.74, 6) is 0.169. The number of hydrogen-bond acceptors (Lipinski definition) is 2. The molecule has 1 saturated carbocycles. The summed E-state index contributed by atoms with van der Waals surface area (Å²) in [5, 5.41) is 9.52. The van der Waals surface area contributed by atoms with Crippen LogP contribution < -0.4 is 0 Å². The summed E-state index contributed by atoms with van der Waals surface area (Å²) in [6.07, 6.45) is -0.929. The highest BCUT2D eigenvalue weighted by Crippen LogP contribution is 2.56. The van der Waals surface area contributed by atoms with Gasteiger partial charge in [0.2, 0.25) is 0 Å². The third-order valence-electron chi connectivity index (χ3n) is 3.82. The smallest absolute Gasteiger partial charge is 0.398 e. The Morgan fingerprint density at radius 2 is 2.06 bits per heavy atom. The van der Waals surface area contributed by atoms with Crippen molar-refractivity contribution < 1.29 is 18.4 Å². The Morgan fingerprint density at radius 3 is 2.61 bits per heavy atom. The van der Waals surface area contributed by atoms with Gasteiger partial charge >= 0.3 is 6.18 Å². The molecule has 0 bridgehead atoms. The molecule has 6 heteroatoms. The van der Waals surface area contributed by atoms with E-state index in [9.17, 15) is 18.4 Å². The molecular weight excluding hydrogens is 245 g/mol. The summed E-state index contributed by atoms with van der Waals surface area (Å²) in [5.41, 5.74) is -1.23. The zero-order valence-corrected chi connectivity index (χ0v) is 9.41. The molecule has 96 valence electrons. The predicted molar refractivity (Wildman–Crippen MR) is 57.6 cm³/mol. The molecule has 0 aromatic heterocycles. The van der Waals surface area contributed by atoms with E-state index < -0.39 is 11.6 Å². The lowest BCUT2D eigenvalue weighted by Gasteiger charge is -2.43. The fourth-order valence-electron chi connectivity index (χ4n) is 2.64. The molecule has 3 nitrogen and oxygen atoms in total. The number of alkyl halides is 3. The van der Waals surface area contributed by atoms with E-state index in [-0.39, 0.29) is 24.2 Å². The lowest BCUT2D eigenvalue weighted by Crippen LogP contribution is -2.48. The lowest BCUT2D eigenvalue weighted by molar-refractivity contribution is -0.212. The minimum absolute atomic E-state index is 0.0949. The van der Waals surface area contributed by atoms with E-state index in [1.165, 1.54) is 18.5 Å². The second kappa shape index (κ2) is 3.40. The van der Waals surface area contributed by atoms with Crippen LogP contribution >= 0.6 is 0 Å². The van der Waals surface area contributed by atoms with Gasteiger partial charge in [-0.2, -0.15) is 17.9 Å². The summed E-state index contributed by atoms with van der Waals surface area (Å²) in [6.45, 7) is 0. The normalized spacial score (nSPS) is 18.8. The summed E-state index contributed by atoms with van der Waals surface area (Å²) in [6, 6.07) is 3.08. The second-order valence-corrected chi connectivity index (χ2v) is 4.70. The fourth-order valence-corrected chi connectivity index (χ4v) is 2.64. The number of nitrogens with zero attached hydrogens (tertiary/aromatic N) is 2. The van der Waals surface area contributed by atoms with Gasteiger partial charge in [0.1, 0.15) is 0 Å². The maximum Gasteiger partial charge on any atom is 0.398 e. The zero-order chi connectivity index (χ0) is 13.0. The Balaban J connectivity index is 2.17. The summed E-state index contributed by atoms with van der Waals surface area (Å²) >= 11 is 0. The third-order valence-corrected chi connectivity index (χ3v) is 3.82. The van der Waals surface area contributed by atoms with Gasteiger partial charge in [-0.05, 0) is 30.5 Å². The van der Waals surface area contributed by atoms with Crippen LogP contribution in [0.25, 0.3) is 11.4 Å². The van der Waals surface area contributed by atoms with Crippen LogP contribution in [0.1, 0.15) is 24.8 Å². The average molecular weight is 256 g/mol. The molecule has 18 heavy (non-hydrogen) atoms. The van der Waals surface area contributed by atoms with Crippen molar-refractivity contribution in [2.45, 2.75) is 30.9 Å². The maximum absolute atomic E-state index is 13.3. The Labute approximate surface area is 101 Å². The van der Waals surface area contributed by atoms with Gasteiger partial charge in [0, 0.05) is 18.0 Å². The van der Waals surface area contributed by atoms with Crippen LogP contribution in [0.5, 0.6) is 0 Å². The van der Waals surface area contributed by atoms with Gasteiger partial charge in [0.15, 0.2) is 5.82 Å². The standard InChI is InChI=1S/C12H11F3N2O/c13-12(14,15)11(4-2-5-11)9-7-16-10-8(9)3-1-6-17(10)18/h1,3,6-7,18H,2,4-5H2. The number of rotatable bonds is 1. The molecule has 1 N–H and O–H groups in total. The van der Waals surface area contributed by atoms with E-state index in [0.29, 0.717) is 12.0 Å². The van der Waals surface area contributed by atoms with Gasteiger partial charge in [-0.1, -0.05) is 6.42 Å². The van der Waals surface area contributed by atoms with Crippen molar-refractivity contribution in [3.8, 4) is 11.4 Å². The molecule has 3 rings (SSSR count). The monoisotopic (exact) mass is 256 g/mol. The number of halogens is 3. The largest absolute Gasteiger partial charge is 0.427 e. The molecule has 1 aliphatic carbocycles. The molecule has 1 fully saturated rings. The fraction of sp³-hybridized carbons (Fsp3) is 0.417. The van der Waals surface area contributed by atoms with E-state index in [1.807, 2.05) is 0 Å². The average Bonchev–Trinajstić information content (AvgIpc) is 2.60. The molecule has 3 aliphatic rings. The molecule has 0 radical (unpaired) electrons. The predicted octanol–water partition coefficient (Wildman–Crippen LogP) is 3.21. The second-order valence-electron chi connectivity index (χ2n) is 4.70. The van der Waals surface area contributed by atoms with Crippen molar-refractivity contribution in [3.05, 3.63) is 30.1 Å². The molecule has 0 aromatic carbocycles. The van der Waals surface area contributed by atoms with Crippen molar-refractivity contribution in [3.63, 3.8) is 0 Å². The first-order chi connectivity index (χ1) is 8.46. The molecule has 0 atom stereocenters. The van der Waals surface area contributed by atoms with Crippen molar-refractivity contribution in [1.82, 2.24) is 9.71 Å². The SMILES string of the molecule is On1cccc2c(C3(C(F)(F)F)CCC3)cnc1-2. The summed E-state index contributed by atoms with van der Waals surface area (Å²) in [4.78, 5) is 3.89. The van der Waals surface area contributed by atoms with E-state index in [0.717, 1.165) is 4.73 Å². The van der Waals surface area contributed by atoms with Crippen LogP contribution in [-0.4, -0.2) is 21.1 Å². The van der Waals surface area contributed by atoms with Crippen LogP contribution in [0.15, 0.2) is 24.5 Å². The first-order valence-electron chi connectivity index (χ1n) is 5.68. The highest BCUT2D eigenvalue weighted by molar-refractivity contribution is 5.65. The van der Waals surface area contributed by atoms with Crippen LogP contribution in [0.3, 0.4) is 0 Å². The van der Waals surface area contributed by atoms with Crippen LogP contribution in [0.2, 0.25) is 0 Å². The van der Waals surface area contributed by atoms with E-state index in [2.05, 4.69) is 4.98 Å². The topological polar surface area (TPSA) is 38.0 Å². The van der Waals surface area contributed by atoms with E-state index >= 15 is 0 Å². The van der Waals surface area contributed by atoms with Crippen molar-refractivity contribution in [2.24, 2.45) is 0 Å². The Morgan fingerprint density at radius 1 is 1.33 bits per heavy atom. The first kappa shape index (κ1) is 11.4. The molecule has 2 aliphatic heterocycles. The minimum Gasteiger partial charge on any atom is -0.427 e. The number of aromatic nitrogens is 2. The Kier molecular flexibility index (Phi) is 2.15. The Bertz CT molecular complexity index is 557. The highest BCUT2D eigenvalue weighted by atomic mass is 19.4. The number of hydrogen-bond donors (Lipinski definition) is 1. The molecular formula is C12H11F3N2O. The van der Waals surface area contributed by atoms with Gasteiger partial charge in [0.25, 0.3) is 0 Å².